The Morgan fingerprint density at radius 3 is 2.52 bits per heavy atom. The molecule has 0 aliphatic carbocycles. The van der Waals surface area contributed by atoms with E-state index in [1.807, 2.05) is 54.6 Å². The van der Waals surface area contributed by atoms with Gasteiger partial charge in [-0.25, -0.2) is 0 Å². The number of ether oxygens (including phenoxy) is 1. The summed E-state index contributed by atoms with van der Waals surface area (Å²) >= 11 is 7.11. The maximum atomic E-state index is 12.7. The number of carbonyl (C=O) groups excluding carboxylic acids is 2. The Morgan fingerprint density at radius 1 is 1.00 bits per heavy atom. The summed E-state index contributed by atoms with van der Waals surface area (Å²) in [6, 6.07) is 22.8. The lowest BCUT2D eigenvalue weighted by Gasteiger charge is -2.13. The maximum absolute atomic E-state index is 12.7. The third-order valence-corrected chi connectivity index (χ3v) is 6.10. The van der Waals surface area contributed by atoms with E-state index in [1.54, 1.807) is 12.1 Å². The quantitative estimate of drug-likeness (QED) is 0.405. The van der Waals surface area contributed by atoms with E-state index in [9.17, 15) is 9.59 Å². The molecule has 4 rings (SSSR count). The first-order valence-corrected chi connectivity index (χ1v) is 11.0. The maximum Gasteiger partial charge on any atom is 0.293 e. The molecule has 0 spiro atoms. The zero-order valence-corrected chi connectivity index (χ0v) is 18.5. The molecular weight excluding hydrogens is 430 g/mol. The molecule has 0 saturated carbocycles. The van der Waals surface area contributed by atoms with Crippen molar-refractivity contribution in [1.29, 1.82) is 0 Å². The lowest BCUT2D eigenvalue weighted by atomic mass is 10.1. The van der Waals surface area contributed by atoms with Crippen LogP contribution in [0.3, 0.4) is 0 Å². The van der Waals surface area contributed by atoms with Gasteiger partial charge in [0.25, 0.3) is 11.1 Å². The Kier molecular flexibility index (Phi) is 6.44. The number of halogens is 1. The van der Waals surface area contributed by atoms with Crippen molar-refractivity contribution < 1.29 is 14.3 Å². The molecular formula is C25H20ClNO3S. The van der Waals surface area contributed by atoms with Gasteiger partial charge in [0, 0.05) is 5.02 Å². The summed E-state index contributed by atoms with van der Waals surface area (Å²) in [6.07, 6.45) is 1.72. The summed E-state index contributed by atoms with van der Waals surface area (Å²) < 4.78 is 5.84. The second-order valence-electron chi connectivity index (χ2n) is 7.21. The molecule has 1 aliphatic rings. The Balaban J connectivity index is 1.42. The third-order valence-electron chi connectivity index (χ3n) is 4.83. The smallest absolute Gasteiger partial charge is 0.293 e. The Hall–Kier alpha value is -3.02. The van der Waals surface area contributed by atoms with Crippen LogP contribution in [0.1, 0.15) is 22.3 Å². The van der Waals surface area contributed by atoms with Gasteiger partial charge in [-0.05, 0) is 59.7 Å². The summed E-state index contributed by atoms with van der Waals surface area (Å²) in [5, 5.41) is 0.237. The normalized spacial score (nSPS) is 15.0. The molecule has 0 radical (unpaired) electrons. The van der Waals surface area contributed by atoms with Gasteiger partial charge < -0.3 is 4.74 Å². The molecule has 0 bridgehead atoms. The van der Waals surface area contributed by atoms with Gasteiger partial charge in [0.05, 0.1) is 11.4 Å². The van der Waals surface area contributed by atoms with Gasteiger partial charge >= 0.3 is 0 Å². The molecule has 31 heavy (non-hydrogen) atoms. The van der Waals surface area contributed by atoms with Crippen molar-refractivity contribution in [3.05, 3.63) is 105 Å². The van der Waals surface area contributed by atoms with E-state index in [1.165, 1.54) is 10.5 Å². The van der Waals surface area contributed by atoms with Crippen LogP contribution in [0.4, 0.5) is 4.79 Å². The van der Waals surface area contributed by atoms with Crippen LogP contribution in [0.5, 0.6) is 5.75 Å². The molecule has 156 valence electrons. The second-order valence-corrected chi connectivity index (χ2v) is 8.61. The topological polar surface area (TPSA) is 46.6 Å². The largest absolute Gasteiger partial charge is 0.489 e. The van der Waals surface area contributed by atoms with E-state index < -0.39 is 0 Å². The van der Waals surface area contributed by atoms with Crippen LogP contribution in [-0.2, 0) is 17.9 Å². The average molecular weight is 450 g/mol. The highest BCUT2D eigenvalue weighted by Crippen LogP contribution is 2.34. The molecule has 3 aromatic rings. The number of carbonyl (C=O) groups is 2. The second kappa shape index (κ2) is 9.41. The molecule has 1 saturated heterocycles. The number of rotatable bonds is 6. The van der Waals surface area contributed by atoms with Crippen LogP contribution < -0.4 is 4.74 Å². The molecule has 4 nitrogen and oxygen atoms in total. The molecule has 0 N–H and O–H groups in total. The summed E-state index contributed by atoms with van der Waals surface area (Å²) in [5.41, 5.74) is 3.87. The SMILES string of the molecule is Cc1cccc(COc2ccc(/C=C3/SC(=O)N(Cc4ccccc4Cl)C3=O)cc2)c1. The van der Waals surface area contributed by atoms with E-state index in [0.29, 0.717) is 16.5 Å². The monoisotopic (exact) mass is 449 g/mol. The predicted molar refractivity (Wildman–Crippen MR) is 125 cm³/mol. The molecule has 1 fully saturated rings. The van der Waals surface area contributed by atoms with Gasteiger partial charge in [-0.3, -0.25) is 14.5 Å². The summed E-state index contributed by atoms with van der Waals surface area (Å²) in [5.74, 6) is 0.431. The zero-order chi connectivity index (χ0) is 21.8. The average Bonchev–Trinajstić information content (AvgIpc) is 3.02. The fourth-order valence-electron chi connectivity index (χ4n) is 3.21. The number of nitrogens with zero attached hydrogens (tertiary/aromatic N) is 1. The Morgan fingerprint density at radius 2 is 1.77 bits per heavy atom. The third kappa shape index (κ3) is 5.19. The van der Waals surface area contributed by atoms with Crippen LogP contribution in [0.25, 0.3) is 6.08 Å². The first kappa shape index (κ1) is 21.2. The minimum absolute atomic E-state index is 0.160. The number of hydrogen-bond donors (Lipinski definition) is 0. The number of imide groups is 1. The van der Waals surface area contributed by atoms with Crippen molar-refractivity contribution in [1.82, 2.24) is 4.90 Å². The van der Waals surface area contributed by atoms with Gasteiger partial charge in [-0.2, -0.15) is 0 Å². The van der Waals surface area contributed by atoms with Crippen molar-refractivity contribution in [3.8, 4) is 5.75 Å². The van der Waals surface area contributed by atoms with Crippen LogP contribution >= 0.6 is 23.4 Å². The highest BCUT2D eigenvalue weighted by Gasteiger charge is 2.35. The highest BCUT2D eigenvalue weighted by molar-refractivity contribution is 8.18. The first-order valence-electron chi connectivity index (χ1n) is 9.77. The van der Waals surface area contributed by atoms with Gasteiger partial charge in [-0.15, -0.1) is 0 Å². The predicted octanol–water partition coefficient (Wildman–Crippen LogP) is 6.46. The van der Waals surface area contributed by atoms with Gasteiger partial charge in [0.1, 0.15) is 12.4 Å². The first-order chi connectivity index (χ1) is 15.0. The van der Waals surface area contributed by atoms with Crippen molar-refractivity contribution in [3.63, 3.8) is 0 Å². The zero-order valence-electron chi connectivity index (χ0n) is 16.9. The fourth-order valence-corrected chi connectivity index (χ4v) is 4.25. The molecule has 0 atom stereocenters. The van der Waals surface area contributed by atoms with Crippen molar-refractivity contribution in [2.24, 2.45) is 0 Å². The molecule has 6 heteroatoms. The van der Waals surface area contributed by atoms with Crippen LogP contribution in [0.2, 0.25) is 5.02 Å². The molecule has 0 unspecified atom stereocenters. The molecule has 0 aromatic heterocycles. The summed E-state index contributed by atoms with van der Waals surface area (Å²) in [4.78, 5) is 26.7. The van der Waals surface area contributed by atoms with Gasteiger partial charge in [0.15, 0.2) is 0 Å². The summed E-state index contributed by atoms with van der Waals surface area (Å²) in [7, 11) is 0. The highest BCUT2D eigenvalue weighted by atomic mass is 35.5. The molecule has 2 amide bonds. The molecule has 3 aromatic carbocycles. The minimum atomic E-state index is -0.310. The van der Waals surface area contributed by atoms with Crippen molar-refractivity contribution in [2.75, 3.05) is 0 Å². The van der Waals surface area contributed by atoms with Crippen LogP contribution in [-0.4, -0.2) is 16.0 Å². The number of thioether (sulfide) groups is 1. The van der Waals surface area contributed by atoms with E-state index in [2.05, 4.69) is 19.1 Å². The number of benzene rings is 3. The minimum Gasteiger partial charge on any atom is -0.489 e. The lowest BCUT2D eigenvalue weighted by Crippen LogP contribution is -2.27. The Bertz CT molecular complexity index is 1160. The summed E-state index contributed by atoms with van der Waals surface area (Å²) in [6.45, 7) is 2.70. The van der Waals surface area contributed by atoms with Gasteiger partial charge in [-0.1, -0.05) is 71.8 Å². The lowest BCUT2D eigenvalue weighted by molar-refractivity contribution is -0.123. The number of aryl methyl sites for hydroxylation is 1. The Labute approximate surface area is 190 Å². The molecule has 1 heterocycles. The standard InChI is InChI=1S/C25H20ClNO3S/c1-17-5-4-6-19(13-17)16-30-21-11-9-18(10-12-21)14-23-24(28)27(25(29)31-23)15-20-7-2-3-8-22(20)26/h2-14H,15-16H2,1H3/b23-14+. The number of hydrogen-bond acceptors (Lipinski definition) is 4. The fraction of sp³-hybridized carbons (Fsp3) is 0.120. The van der Waals surface area contributed by atoms with E-state index >= 15 is 0 Å². The molecule has 1 aliphatic heterocycles. The van der Waals surface area contributed by atoms with E-state index in [4.69, 9.17) is 16.3 Å². The number of amides is 2. The van der Waals surface area contributed by atoms with E-state index in [-0.39, 0.29) is 17.7 Å². The van der Waals surface area contributed by atoms with Crippen molar-refractivity contribution in [2.45, 2.75) is 20.1 Å². The van der Waals surface area contributed by atoms with Crippen LogP contribution in [0.15, 0.2) is 77.7 Å². The van der Waals surface area contributed by atoms with E-state index in [0.717, 1.165) is 34.2 Å². The van der Waals surface area contributed by atoms with Gasteiger partial charge in [0.2, 0.25) is 0 Å². The van der Waals surface area contributed by atoms with Crippen molar-refractivity contribution >= 4 is 40.6 Å². The van der Waals surface area contributed by atoms with Crippen LogP contribution in [0, 0.1) is 6.92 Å².